The van der Waals surface area contributed by atoms with E-state index >= 15 is 0 Å². The molecule has 4 heteroatoms. The van der Waals surface area contributed by atoms with Gasteiger partial charge in [0.25, 0.3) is 0 Å². The SMILES string of the molecule is CCc1ccnn1C.CCn1nccc1C(C)C. The first-order valence-corrected chi connectivity index (χ1v) is 6.58. The molecule has 4 nitrogen and oxygen atoms in total. The summed E-state index contributed by atoms with van der Waals surface area (Å²) in [7, 11) is 1.96. The second kappa shape index (κ2) is 6.99. The molecule has 0 bridgehead atoms. The zero-order valence-corrected chi connectivity index (χ0v) is 12.1. The van der Waals surface area contributed by atoms with Crippen molar-refractivity contribution in [1.29, 1.82) is 0 Å². The van der Waals surface area contributed by atoms with Gasteiger partial charge in [-0.05, 0) is 31.4 Å². The molecule has 2 aromatic heterocycles. The molecule has 0 N–H and O–H groups in total. The maximum Gasteiger partial charge on any atom is 0.0492 e. The summed E-state index contributed by atoms with van der Waals surface area (Å²) < 4.78 is 3.92. The van der Waals surface area contributed by atoms with Crippen molar-refractivity contribution in [3.8, 4) is 0 Å². The van der Waals surface area contributed by atoms with Crippen LogP contribution >= 0.6 is 0 Å². The first-order chi connectivity index (χ1) is 8.60. The Morgan fingerprint density at radius 2 is 1.78 bits per heavy atom. The van der Waals surface area contributed by atoms with Crippen molar-refractivity contribution in [2.45, 2.75) is 46.6 Å². The summed E-state index contributed by atoms with van der Waals surface area (Å²) in [6, 6.07) is 4.11. The van der Waals surface area contributed by atoms with Crippen LogP contribution in [-0.2, 0) is 20.0 Å². The molecule has 0 aliphatic carbocycles. The average Bonchev–Trinajstić information content (AvgIpc) is 2.97. The van der Waals surface area contributed by atoms with Gasteiger partial charge in [0, 0.05) is 37.4 Å². The summed E-state index contributed by atoms with van der Waals surface area (Å²) in [6.45, 7) is 9.57. The number of nitrogens with zero attached hydrogens (tertiary/aromatic N) is 4. The van der Waals surface area contributed by atoms with Crippen LogP contribution < -0.4 is 0 Å². The maximum atomic E-state index is 4.17. The van der Waals surface area contributed by atoms with Crippen LogP contribution in [0.1, 0.15) is 45.0 Å². The zero-order valence-electron chi connectivity index (χ0n) is 12.1. The van der Waals surface area contributed by atoms with Gasteiger partial charge in [0.1, 0.15) is 0 Å². The predicted molar refractivity (Wildman–Crippen MR) is 74.6 cm³/mol. The van der Waals surface area contributed by atoms with Gasteiger partial charge in [-0.3, -0.25) is 9.36 Å². The lowest BCUT2D eigenvalue weighted by molar-refractivity contribution is 0.598. The van der Waals surface area contributed by atoms with Crippen molar-refractivity contribution in [2.24, 2.45) is 7.05 Å². The summed E-state index contributed by atoms with van der Waals surface area (Å²) in [6.07, 6.45) is 4.74. The van der Waals surface area contributed by atoms with Gasteiger partial charge in [0.2, 0.25) is 0 Å². The molecule has 0 aromatic carbocycles. The summed E-state index contributed by atoms with van der Waals surface area (Å²) in [5, 5.41) is 8.18. The molecule has 2 aromatic rings. The molecule has 100 valence electrons. The average molecular weight is 248 g/mol. The highest BCUT2D eigenvalue weighted by atomic mass is 15.3. The quantitative estimate of drug-likeness (QED) is 0.837. The molecule has 2 heterocycles. The molecule has 2 rings (SSSR count). The minimum Gasteiger partial charge on any atom is -0.273 e. The minimum atomic E-state index is 0.586. The third-order valence-corrected chi connectivity index (χ3v) is 2.93. The first-order valence-electron chi connectivity index (χ1n) is 6.58. The minimum absolute atomic E-state index is 0.586. The van der Waals surface area contributed by atoms with Crippen molar-refractivity contribution < 1.29 is 0 Å². The Bertz CT molecular complexity index is 454. The molecule has 18 heavy (non-hydrogen) atoms. The van der Waals surface area contributed by atoms with E-state index in [9.17, 15) is 0 Å². The fourth-order valence-electron chi connectivity index (χ4n) is 1.85. The number of aryl methyl sites for hydroxylation is 3. The van der Waals surface area contributed by atoms with E-state index in [0.29, 0.717) is 5.92 Å². The van der Waals surface area contributed by atoms with Gasteiger partial charge in [-0.2, -0.15) is 10.2 Å². The summed E-state index contributed by atoms with van der Waals surface area (Å²) >= 11 is 0. The Hall–Kier alpha value is -1.58. The van der Waals surface area contributed by atoms with E-state index in [1.165, 1.54) is 11.4 Å². The highest BCUT2D eigenvalue weighted by molar-refractivity contribution is 5.04. The summed E-state index contributed by atoms with van der Waals surface area (Å²) in [4.78, 5) is 0. The van der Waals surface area contributed by atoms with Gasteiger partial charge in [0.05, 0.1) is 0 Å². The molecule has 0 atom stereocenters. The van der Waals surface area contributed by atoms with Crippen LogP contribution in [0.3, 0.4) is 0 Å². The lowest BCUT2D eigenvalue weighted by Gasteiger charge is -2.06. The van der Waals surface area contributed by atoms with E-state index in [1.807, 2.05) is 34.9 Å². The molecular formula is C14H24N4. The van der Waals surface area contributed by atoms with Crippen molar-refractivity contribution in [2.75, 3.05) is 0 Å². The zero-order chi connectivity index (χ0) is 13.5. The smallest absolute Gasteiger partial charge is 0.0492 e. The number of aromatic nitrogens is 4. The molecule has 0 fully saturated rings. The molecule has 0 radical (unpaired) electrons. The van der Waals surface area contributed by atoms with Crippen LogP contribution in [0.4, 0.5) is 0 Å². The van der Waals surface area contributed by atoms with E-state index in [0.717, 1.165) is 13.0 Å². The summed E-state index contributed by atoms with van der Waals surface area (Å²) in [5.74, 6) is 0.586. The molecule has 0 aliphatic rings. The van der Waals surface area contributed by atoms with Gasteiger partial charge in [0.15, 0.2) is 0 Å². The van der Waals surface area contributed by atoms with E-state index in [-0.39, 0.29) is 0 Å². The molecular weight excluding hydrogens is 224 g/mol. The van der Waals surface area contributed by atoms with Crippen LogP contribution in [0.15, 0.2) is 24.5 Å². The van der Waals surface area contributed by atoms with E-state index in [2.05, 4.69) is 44.0 Å². The van der Waals surface area contributed by atoms with Crippen LogP contribution in [0.5, 0.6) is 0 Å². The van der Waals surface area contributed by atoms with Crippen LogP contribution in [0, 0.1) is 0 Å². The van der Waals surface area contributed by atoms with E-state index in [1.54, 1.807) is 0 Å². The lowest BCUT2D eigenvalue weighted by atomic mass is 10.1. The number of rotatable bonds is 3. The molecule has 0 saturated heterocycles. The third-order valence-electron chi connectivity index (χ3n) is 2.93. The fourth-order valence-corrected chi connectivity index (χ4v) is 1.85. The highest BCUT2D eigenvalue weighted by Crippen LogP contribution is 2.12. The van der Waals surface area contributed by atoms with Crippen LogP contribution in [0.2, 0.25) is 0 Å². The standard InChI is InChI=1S/C8H14N2.C6H10N2/c1-4-10-8(7(2)3)5-6-9-10;1-3-6-4-5-7-8(6)2/h5-7H,4H2,1-3H3;4-5H,3H2,1-2H3. The maximum absolute atomic E-state index is 4.17. The van der Waals surface area contributed by atoms with Crippen molar-refractivity contribution in [3.05, 3.63) is 35.9 Å². The normalized spacial score (nSPS) is 10.3. The van der Waals surface area contributed by atoms with Gasteiger partial charge in [-0.1, -0.05) is 20.8 Å². The molecule has 0 saturated carbocycles. The Morgan fingerprint density at radius 1 is 1.11 bits per heavy atom. The second-order valence-electron chi connectivity index (χ2n) is 4.53. The van der Waals surface area contributed by atoms with Crippen molar-refractivity contribution >= 4 is 0 Å². The van der Waals surface area contributed by atoms with Gasteiger partial charge >= 0.3 is 0 Å². The Labute approximate surface area is 110 Å². The monoisotopic (exact) mass is 248 g/mol. The van der Waals surface area contributed by atoms with E-state index in [4.69, 9.17) is 0 Å². The summed E-state index contributed by atoms with van der Waals surface area (Å²) in [5.41, 5.74) is 2.60. The highest BCUT2D eigenvalue weighted by Gasteiger charge is 2.03. The third kappa shape index (κ3) is 3.72. The topological polar surface area (TPSA) is 35.6 Å². The predicted octanol–water partition coefficient (Wildman–Crippen LogP) is 3.01. The molecule has 0 aliphatic heterocycles. The molecule has 0 amide bonds. The Balaban J connectivity index is 0.000000184. The number of hydrogen-bond donors (Lipinski definition) is 0. The Kier molecular flexibility index (Phi) is 5.62. The van der Waals surface area contributed by atoms with Gasteiger partial charge < -0.3 is 0 Å². The van der Waals surface area contributed by atoms with Gasteiger partial charge in [-0.15, -0.1) is 0 Å². The van der Waals surface area contributed by atoms with Crippen molar-refractivity contribution in [1.82, 2.24) is 19.6 Å². The fraction of sp³-hybridized carbons (Fsp3) is 0.571. The lowest BCUT2D eigenvalue weighted by Crippen LogP contribution is -2.03. The first kappa shape index (κ1) is 14.5. The largest absolute Gasteiger partial charge is 0.273 e. The van der Waals surface area contributed by atoms with E-state index < -0.39 is 0 Å². The molecule has 0 unspecified atom stereocenters. The Morgan fingerprint density at radius 3 is 2.11 bits per heavy atom. The van der Waals surface area contributed by atoms with Gasteiger partial charge in [-0.25, -0.2) is 0 Å². The van der Waals surface area contributed by atoms with Crippen LogP contribution in [-0.4, -0.2) is 19.6 Å². The number of hydrogen-bond acceptors (Lipinski definition) is 2. The van der Waals surface area contributed by atoms with Crippen LogP contribution in [0.25, 0.3) is 0 Å². The van der Waals surface area contributed by atoms with Crippen molar-refractivity contribution in [3.63, 3.8) is 0 Å². The molecule has 0 spiro atoms. The second-order valence-corrected chi connectivity index (χ2v) is 4.53.